The SMILES string of the molecule is COc1c(F)cc(-c2cn[nH]c2N)cc1C#N. The summed E-state index contributed by atoms with van der Waals surface area (Å²) in [7, 11) is 1.31. The number of methoxy groups -OCH3 is 1. The van der Waals surface area contributed by atoms with Crippen LogP contribution in [0.25, 0.3) is 11.1 Å². The topological polar surface area (TPSA) is 87.7 Å². The lowest BCUT2D eigenvalue weighted by atomic mass is 10.0. The maximum atomic E-state index is 13.7. The molecule has 6 heteroatoms. The number of halogens is 1. The molecular weight excluding hydrogens is 223 g/mol. The molecule has 0 aliphatic heterocycles. The van der Waals surface area contributed by atoms with E-state index in [4.69, 9.17) is 15.7 Å². The molecule has 1 aromatic heterocycles. The van der Waals surface area contributed by atoms with E-state index in [2.05, 4.69) is 10.2 Å². The summed E-state index contributed by atoms with van der Waals surface area (Å²) in [6.07, 6.45) is 1.47. The number of nitrogens with two attached hydrogens (primary N) is 1. The molecule has 3 N–H and O–H groups in total. The Bertz CT molecular complexity index is 600. The van der Waals surface area contributed by atoms with Crippen LogP contribution in [0.15, 0.2) is 18.3 Å². The van der Waals surface area contributed by atoms with Crippen LogP contribution in [0.3, 0.4) is 0 Å². The Labute approximate surface area is 96.6 Å². The Morgan fingerprint density at radius 2 is 2.29 bits per heavy atom. The molecule has 2 aromatic rings. The Balaban J connectivity index is 2.63. The molecule has 0 bridgehead atoms. The molecule has 5 nitrogen and oxygen atoms in total. The van der Waals surface area contributed by atoms with E-state index in [0.717, 1.165) is 0 Å². The second kappa shape index (κ2) is 4.14. The number of nitrogens with zero attached hydrogens (tertiary/aromatic N) is 2. The summed E-state index contributed by atoms with van der Waals surface area (Å²) in [5.74, 6) is -0.362. The van der Waals surface area contributed by atoms with Crippen LogP contribution in [0.5, 0.6) is 5.75 Å². The first-order chi connectivity index (χ1) is 8.17. The zero-order valence-electron chi connectivity index (χ0n) is 8.99. The van der Waals surface area contributed by atoms with Gasteiger partial charge in [-0.25, -0.2) is 4.39 Å². The minimum absolute atomic E-state index is 0.0710. The highest BCUT2D eigenvalue weighted by atomic mass is 19.1. The fraction of sp³-hybridized carbons (Fsp3) is 0.0909. The minimum atomic E-state index is -0.609. The fourth-order valence-electron chi connectivity index (χ4n) is 1.57. The van der Waals surface area contributed by atoms with Crippen LogP contribution in [-0.2, 0) is 0 Å². The summed E-state index contributed by atoms with van der Waals surface area (Å²) in [5.41, 5.74) is 6.77. The number of hydrogen-bond donors (Lipinski definition) is 2. The van der Waals surface area contributed by atoms with E-state index in [0.29, 0.717) is 16.9 Å². The van der Waals surface area contributed by atoms with E-state index in [1.54, 1.807) is 0 Å². The predicted octanol–water partition coefficient (Wildman–Crippen LogP) is 1.68. The third-order valence-electron chi connectivity index (χ3n) is 2.35. The molecule has 0 amide bonds. The average Bonchev–Trinajstić information content (AvgIpc) is 2.74. The molecule has 0 aliphatic carbocycles. The number of benzene rings is 1. The smallest absolute Gasteiger partial charge is 0.172 e. The average molecular weight is 232 g/mol. The van der Waals surface area contributed by atoms with Crippen LogP contribution in [0.4, 0.5) is 10.2 Å². The van der Waals surface area contributed by atoms with Crippen molar-refractivity contribution in [3.8, 4) is 22.9 Å². The van der Waals surface area contributed by atoms with Crippen molar-refractivity contribution in [3.63, 3.8) is 0 Å². The molecule has 1 heterocycles. The first kappa shape index (κ1) is 11.0. The number of nitrogens with one attached hydrogen (secondary N) is 1. The quantitative estimate of drug-likeness (QED) is 0.824. The van der Waals surface area contributed by atoms with E-state index >= 15 is 0 Å². The van der Waals surface area contributed by atoms with Gasteiger partial charge in [0.25, 0.3) is 0 Å². The molecule has 1 aromatic carbocycles. The normalized spacial score (nSPS) is 9.94. The van der Waals surface area contributed by atoms with E-state index in [9.17, 15) is 4.39 Å². The lowest BCUT2D eigenvalue weighted by Gasteiger charge is -2.06. The largest absolute Gasteiger partial charge is 0.492 e. The Morgan fingerprint density at radius 1 is 1.53 bits per heavy atom. The summed E-state index contributed by atoms with van der Waals surface area (Å²) >= 11 is 0. The van der Waals surface area contributed by atoms with E-state index in [-0.39, 0.29) is 11.3 Å². The van der Waals surface area contributed by atoms with Gasteiger partial charge in [0, 0.05) is 5.56 Å². The second-order valence-electron chi connectivity index (χ2n) is 3.35. The fourth-order valence-corrected chi connectivity index (χ4v) is 1.57. The van der Waals surface area contributed by atoms with Gasteiger partial charge in [0.2, 0.25) is 0 Å². The summed E-state index contributed by atoms with van der Waals surface area (Å²) in [5, 5.41) is 15.2. The van der Waals surface area contributed by atoms with Crippen molar-refractivity contribution in [3.05, 3.63) is 29.7 Å². The highest BCUT2D eigenvalue weighted by molar-refractivity contribution is 5.75. The van der Waals surface area contributed by atoms with Gasteiger partial charge in [-0.05, 0) is 17.7 Å². The Kier molecular flexibility index (Phi) is 2.66. The number of aromatic amines is 1. The molecule has 2 rings (SSSR count). The number of H-pyrrole nitrogens is 1. The van der Waals surface area contributed by atoms with Crippen LogP contribution in [0.1, 0.15) is 5.56 Å². The second-order valence-corrected chi connectivity index (χ2v) is 3.35. The van der Waals surface area contributed by atoms with Crippen molar-refractivity contribution in [2.45, 2.75) is 0 Å². The molecule has 0 saturated carbocycles. The van der Waals surface area contributed by atoms with Gasteiger partial charge in [0.05, 0.1) is 18.9 Å². The first-order valence-corrected chi connectivity index (χ1v) is 4.74. The lowest BCUT2D eigenvalue weighted by Crippen LogP contribution is -1.94. The molecule has 0 saturated heterocycles. The summed E-state index contributed by atoms with van der Waals surface area (Å²) in [4.78, 5) is 0. The van der Waals surface area contributed by atoms with Gasteiger partial charge >= 0.3 is 0 Å². The standard InChI is InChI=1S/C11H9FN4O/c1-17-10-7(4-13)2-6(3-9(10)12)8-5-15-16-11(8)14/h2-3,5H,1H3,(H3,14,15,16). The van der Waals surface area contributed by atoms with Crippen LogP contribution >= 0.6 is 0 Å². The number of ether oxygens (including phenoxy) is 1. The summed E-state index contributed by atoms with van der Waals surface area (Å²) in [6.45, 7) is 0. The molecular formula is C11H9FN4O. The molecule has 0 unspecified atom stereocenters. The van der Waals surface area contributed by atoms with Crippen LogP contribution < -0.4 is 10.5 Å². The maximum Gasteiger partial charge on any atom is 0.172 e. The monoisotopic (exact) mass is 232 g/mol. The molecule has 0 aliphatic rings. The van der Waals surface area contributed by atoms with Crippen molar-refractivity contribution in [1.82, 2.24) is 10.2 Å². The van der Waals surface area contributed by atoms with Crippen molar-refractivity contribution < 1.29 is 9.13 Å². The minimum Gasteiger partial charge on any atom is -0.492 e. The van der Waals surface area contributed by atoms with Crippen LogP contribution in [-0.4, -0.2) is 17.3 Å². The van der Waals surface area contributed by atoms with Crippen LogP contribution in [0, 0.1) is 17.1 Å². The number of anilines is 1. The van der Waals surface area contributed by atoms with Gasteiger partial charge in [0.15, 0.2) is 11.6 Å². The highest BCUT2D eigenvalue weighted by Crippen LogP contribution is 2.31. The third-order valence-corrected chi connectivity index (χ3v) is 2.35. The van der Waals surface area contributed by atoms with Crippen molar-refractivity contribution in [2.75, 3.05) is 12.8 Å². The van der Waals surface area contributed by atoms with Gasteiger partial charge in [0.1, 0.15) is 11.9 Å². The van der Waals surface area contributed by atoms with Gasteiger partial charge in [-0.2, -0.15) is 10.4 Å². The van der Waals surface area contributed by atoms with E-state index in [1.807, 2.05) is 6.07 Å². The summed E-state index contributed by atoms with van der Waals surface area (Å²) < 4.78 is 18.5. The number of rotatable bonds is 2. The summed E-state index contributed by atoms with van der Waals surface area (Å²) in [6, 6.07) is 4.63. The molecule has 86 valence electrons. The van der Waals surface area contributed by atoms with Gasteiger partial charge in [-0.15, -0.1) is 0 Å². The number of aromatic nitrogens is 2. The van der Waals surface area contributed by atoms with Crippen molar-refractivity contribution in [2.24, 2.45) is 0 Å². The van der Waals surface area contributed by atoms with Gasteiger partial charge in [-0.1, -0.05) is 0 Å². The number of nitrogen functional groups attached to an aromatic ring is 1. The van der Waals surface area contributed by atoms with Gasteiger partial charge in [-0.3, -0.25) is 5.10 Å². The van der Waals surface area contributed by atoms with E-state index < -0.39 is 5.82 Å². The van der Waals surface area contributed by atoms with Gasteiger partial charge < -0.3 is 10.5 Å². The van der Waals surface area contributed by atoms with Crippen molar-refractivity contribution in [1.29, 1.82) is 5.26 Å². The maximum absolute atomic E-state index is 13.7. The third kappa shape index (κ3) is 1.78. The Hall–Kier alpha value is -2.55. The Morgan fingerprint density at radius 3 is 2.82 bits per heavy atom. The van der Waals surface area contributed by atoms with Crippen LogP contribution in [0.2, 0.25) is 0 Å². The zero-order valence-corrected chi connectivity index (χ0v) is 8.99. The van der Waals surface area contributed by atoms with E-state index in [1.165, 1.54) is 25.4 Å². The molecule has 0 atom stereocenters. The lowest BCUT2D eigenvalue weighted by molar-refractivity contribution is 0.385. The molecule has 0 spiro atoms. The molecule has 0 fully saturated rings. The van der Waals surface area contributed by atoms with Crippen molar-refractivity contribution >= 4 is 5.82 Å². The number of nitriles is 1. The molecule has 17 heavy (non-hydrogen) atoms. The zero-order chi connectivity index (χ0) is 12.4. The number of hydrogen-bond acceptors (Lipinski definition) is 4. The molecule has 0 radical (unpaired) electrons. The predicted molar refractivity (Wildman–Crippen MR) is 59.7 cm³/mol. The highest BCUT2D eigenvalue weighted by Gasteiger charge is 2.14. The first-order valence-electron chi connectivity index (χ1n) is 4.74.